The van der Waals surface area contributed by atoms with Crippen LogP contribution >= 0.6 is 24.2 Å². The Morgan fingerprint density at radius 1 is 1.32 bits per heavy atom. The molecule has 0 unspecified atom stereocenters. The van der Waals surface area contributed by atoms with E-state index >= 15 is 0 Å². The van der Waals surface area contributed by atoms with E-state index in [9.17, 15) is 4.79 Å². The average molecular weight is 309 g/mol. The van der Waals surface area contributed by atoms with Gasteiger partial charge in [-0.15, -0.1) is 22.6 Å². The molecule has 0 atom stereocenters. The van der Waals surface area contributed by atoms with Crippen LogP contribution in [0.2, 0.25) is 0 Å². The lowest BCUT2D eigenvalue weighted by Gasteiger charge is -2.07. The molecule has 1 amide bonds. The summed E-state index contributed by atoms with van der Waals surface area (Å²) in [6.45, 7) is 0.720. The van der Waals surface area contributed by atoms with Gasteiger partial charge < -0.3 is 15.1 Å². The summed E-state index contributed by atoms with van der Waals surface area (Å²) in [5.41, 5.74) is 5.41. The van der Waals surface area contributed by atoms with Crippen LogP contribution in [0.4, 0.5) is 0 Å². The van der Waals surface area contributed by atoms with Gasteiger partial charge >= 0.3 is 0 Å². The minimum Gasteiger partial charge on any atom is -0.416 e. The molecule has 19 heavy (non-hydrogen) atoms. The normalized spacial score (nSPS) is 10.1. The Morgan fingerprint density at radius 2 is 2.05 bits per heavy atom. The number of aryl methyl sites for hydroxylation is 1. The molecule has 110 valence electrons. The first-order valence-electron chi connectivity index (χ1n) is 5.99. The fourth-order valence-electron chi connectivity index (χ4n) is 1.25. The van der Waals surface area contributed by atoms with Gasteiger partial charge in [0.2, 0.25) is 11.8 Å². The Bertz CT molecular complexity index is 373. The van der Waals surface area contributed by atoms with E-state index in [0.717, 1.165) is 32.2 Å². The highest BCUT2D eigenvalue weighted by atomic mass is 35.5. The van der Waals surface area contributed by atoms with E-state index in [0.29, 0.717) is 16.9 Å². The van der Waals surface area contributed by atoms with Crippen LogP contribution in [0.25, 0.3) is 0 Å². The van der Waals surface area contributed by atoms with Crippen molar-refractivity contribution in [3.8, 4) is 0 Å². The van der Waals surface area contributed by atoms with Crippen molar-refractivity contribution in [1.82, 2.24) is 15.1 Å². The van der Waals surface area contributed by atoms with Crippen LogP contribution in [0.1, 0.15) is 25.2 Å². The number of carbonyl (C=O) groups excluding carboxylic acids is 1. The van der Waals surface area contributed by atoms with Gasteiger partial charge in [-0.05, 0) is 19.4 Å². The summed E-state index contributed by atoms with van der Waals surface area (Å²) in [5, 5.41) is 8.30. The standard InChI is InChI=1S/C11H20N4O2S.ClH/c1-15(2)10(16)8-18-11-14-13-9(17-11)6-4-3-5-7-12;/h3-8,12H2,1-2H3;1H. The van der Waals surface area contributed by atoms with Crippen LogP contribution in [0.5, 0.6) is 0 Å². The topological polar surface area (TPSA) is 85.2 Å². The Morgan fingerprint density at radius 3 is 2.68 bits per heavy atom. The molecule has 0 spiro atoms. The summed E-state index contributed by atoms with van der Waals surface area (Å²) >= 11 is 1.27. The third kappa shape index (κ3) is 7.39. The smallest absolute Gasteiger partial charge is 0.277 e. The Kier molecular flexibility index (Phi) is 9.63. The number of amides is 1. The van der Waals surface area contributed by atoms with Gasteiger partial charge in [0.05, 0.1) is 5.75 Å². The van der Waals surface area contributed by atoms with E-state index in [1.165, 1.54) is 16.7 Å². The van der Waals surface area contributed by atoms with E-state index in [2.05, 4.69) is 10.2 Å². The number of nitrogens with zero attached hydrogens (tertiary/aromatic N) is 3. The molecule has 0 saturated carbocycles. The lowest BCUT2D eigenvalue weighted by atomic mass is 10.2. The molecule has 2 N–H and O–H groups in total. The molecule has 1 aromatic rings. The van der Waals surface area contributed by atoms with Crippen molar-refractivity contribution in [1.29, 1.82) is 0 Å². The molecule has 1 rings (SSSR count). The third-order valence-electron chi connectivity index (χ3n) is 2.36. The van der Waals surface area contributed by atoms with Crippen molar-refractivity contribution >= 4 is 30.1 Å². The second kappa shape index (κ2) is 10.1. The van der Waals surface area contributed by atoms with Gasteiger partial charge in [0.1, 0.15) is 0 Å². The fourth-order valence-corrected chi connectivity index (χ4v) is 2.01. The minimum absolute atomic E-state index is 0. The first-order valence-corrected chi connectivity index (χ1v) is 6.97. The molecule has 0 aliphatic rings. The minimum atomic E-state index is 0. The number of nitrogens with two attached hydrogens (primary N) is 1. The molecular formula is C11H21ClN4O2S. The summed E-state index contributed by atoms with van der Waals surface area (Å²) < 4.78 is 5.43. The van der Waals surface area contributed by atoms with E-state index in [1.807, 2.05) is 0 Å². The Balaban J connectivity index is 0.00000324. The SMILES string of the molecule is CN(C)C(=O)CSc1nnc(CCCCCN)o1.Cl. The molecular weight excluding hydrogens is 288 g/mol. The van der Waals surface area contributed by atoms with Gasteiger partial charge in [0.15, 0.2) is 0 Å². The van der Waals surface area contributed by atoms with Crippen LogP contribution in [-0.2, 0) is 11.2 Å². The zero-order valence-corrected chi connectivity index (χ0v) is 12.9. The maximum Gasteiger partial charge on any atom is 0.277 e. The number of aromatic nitrogens is 2. The molecule has 0 saturated heterocycles. The Labute approximate surface area is 123 Å². The lowest BCUT2D eigenvalue weighted by molar-refractivity contribution is -0.125. The summed E-state index contributed by atoms with van der Waals surface area (Å²) in [6, 6.07) is 0. The van der Waals surface area contributed by atoms with Crippen molar-refractivity contribution in [2.75, 3.05) is 26.4 Å². The molecule has 0 aliphatic heterocycles. The predicted molar refractivity (Wildman–Crippen MR) is 77.6 cm³/mol. The molecule has 0 aliphatic carbocycles. The van der Waals surface area contributed by atoms with Crippen LogP contribution in [-0.4, -0.2) is 47.4 Å². The zero-order valence-electron chi connectivity index (χ0n) is 11.3. The number of hydrogen-bond donors (Lipinski definition) is 1. The van der Waals surface area contributed by atoms with Gasteiger partial charge in [-0.2, -0.15) is 0 Å². The second-order valence-electron chi connectivity index (χ2n) is 4.14. The quantitative estimate of drug-likeness (QED) is 0.576. The zero-order chi connectivity index (χ0) is 13.4. The molecule has 6 nitrogen and oxygen atoms in total. The van der Waals surface area contributed by atoms with Crippen LogP contribution in [0.15, 0.2) is 9.64 Å². The first kappa shape index (κ1) is 18.2. The van der Waals surface area contributed by atoms with E-state index in [-0.39, 0.29) is 18.3 Å². The summed E-state index contributed by atoms with van der Waals surface area (Å²) in [7, 11) is 3.44. The summed E-state index contributed by atoms with van der Waals surface area (Å²) in [5.74, 6) is 0.983. The average Bonchev–Trinajstić information content (AvgIpc) is 2.79. The maximum absolute atomic E-state index is 11.4. The van der Waals surface area contributed by atoms with Crippen LogP contribution in [0, 0.1) is 0 Å². The Hall–Kier alpha value is -0.790. The number of carbonyl (C=O) groups is 1. The highest BCUT2D eigenvalue weighted by Gasteiger charge is 2.10. The summed E-state index contributed by atoms with van der Waals surface area (Å²) in [4.78, 5) is 12.9. The molecule has 1 heterocycles. The van der Waals surface area contributed by atoms with Crippen LogP contribution < -0.4 is 5.73 Å². The van der Waals surface area contributed by atoms with E-state index < -0.39 is 0 Å². The largest absolute Gasteiger partial charge is 0.416 e. The van der Waals surface area contributed by atoms with Gasteiger partial charge in [-0.25, -0.2) is 0 Å². The number of halogens is 1. The highest BCUT2D eigenvalue weighted by molar-refractivity contribution is 7.99. The highest BCUT2D eigenvalue weighted by Crippen LogP contribution is 2.17. The van der Waals surface area contributed by atoms with Gasteiger partial charge in [-0.3, -0.25) is 4.79 Å². The van der Waals surface area contributed by atoms with Crippen molar-refractivity contribution in [3.05, 3.63) is 5.89 Å². The van der Waals surface area contributed by atoms with Crippen LogP contribution in [0.3, 0.4) is 0 Å². The summed E-state index contributed by atoms with van der Waals surface area (Å²) in [6.07, 6.45) is 3.86. The van der Waals surface area contributed by atoms with E-state index in [1.54, 1.807) is 14.1 Å². The first-order chi connectivity index (χ1) is 8.63. The molecule has 0 radical (unpaired) electrons. The van der Waals surface area contributed by atoms with Crippen molar-refractivity contribution in [2.45, 2.75) is 30.9 Å². The van der Waals surface area contributed by atoms with Gasteiger partial charge in [-0.1, -0.05) is 18.2 Å². The number of hydrogen-bond acceptors (Lipinski definition) is 6. The number of thioether (sulfide) groups is 1. The van der Waals surface area contributed by atoms with Gasteiger partial charge in [0.25, 0.3) is 5.22 Å². The molecule has 8 heteroatoms. The maximum atomic E-state index is 11.4. The predicted octanol–water partition coefficient (Wildman–Crippen LogP) is 1.34. The van der Waals surface area contributed by atoms with Crippen molar-refractivity contribution in [2.24, 2.45) is 5.73 Å². The van der Waals surface area contributed by atoms with Gasteiger partial charge in [0, 0.05) is 20.5 Å². The van der Waals surface area contributed by atoms with Crippen molar-refractivity contribution < 1.29 is 9.21 Å². The monoisotopic (exact) mass is 308 g/mol. The molecule has 0 bridgehead atoms. The third-order valence-corrected chi connectivity index (χ3v) is 3.16. The molecule has 0 aromatic carbocycles. The molecule has 1 aromatic heterocycles. The van der Waals surface area contributed by atoms with E-state index in [4.69, 9.17) is 10.2 Å². The second-order valence-corrected chi connectivity index (χ2v) is 5.06. The fraction of sp³-hybridized carbons (Fsp3) is 0.727. The number of rotatable bonds is 8. The molecule has 0 fully saturated rings. The number of unbranched alkanes of at least 4 members (excludes halogenated alkanes) is 2. The van der Waals surface area contributed by atoms with Crippen molar-refractivity contribution in [3.63, 3.8) is 0 Å². The lowest BCUT2D eigenvalue weighted by Crippen LogP contribution is -2.23.